The van der Waals surface area contributed by atoms with Crippen LogP contribution in [-0.4, -0.2) is 73.1 Å². The van der Waals surface area contributed by atoms with Crippen LogP contribution in [0.2, 0.25) is 0 Å². The molecule has 156 valence electrons. The maximum Gasteiger partial charge on any atom is 0.229 e. The molecule has 0 aromatic heterocycles. The summed E-state index contributed by atoms with van der Waals surface area (Å²) in [7, 11) is 0. The fourth-order valence-corrected chi connectivity index (χ4v) is 2.91. The van der Waals surface area contributed by atoms with Crippen LogP contribution in [0.3, 0.4) is 0 Å². The van der Waals surface area contributed by atoms with Crippen LogP contribution in [0, 0.1) is 0 Å². The standard InChI is InChI=1S/C20H22O9/c21-9-16-17(25)18(26)19(27)20(29-16)28-13-6-11(5-12(22)8-13)2-1-10-3-4-14(23)15(24)7-10/h1-8,16-27H,9H2/t16-,17-,18+,19-,20-/m1/s1. The Labute approximate surface area is 165 Å². The molecule has 1 fully saturated rings. The summed E-state index contributed by atoms with van der Waals surface area (Å²) in [6.07, 6.45) is -3.90. The highest BCUT2D eigenvalue weighted by Crippen LogP contribution is 2.29. The molecule has 7 N–H and O–H groups in total. The quantitative estimate of drug-likeness (QED) is 0.271. The Morgan fingerprint density at radius 1 is 0.828 bits per heavy atom. The maximum absolute atomic E-state index is 10.1. The molecule has 29 heavy (non-hydrogen) atoms. The van der Waals surface area contributed by atoms with E-state index in [1.807, 2.05) is 0 Å². The Hall–Kier alpha value is -2.82. The molecule has 1 saturated heterocycles. The summed E-state index contributed by atoms with van der Waals surface area (Å²) in [5.41, 5.74) is 1.11. The van der Waals surface area contributed by atoms with E-state index in [0.29, 0.717) is 11.1 Å². The first kappa shape index (κ1) is 20.9. The van der Waals surface area contributed by atoms with E-state index in [-0.39, 0.29) is 23.0 Å². The van der Waals surface area contributed by atoms with Gasteiger partial charge in [-0.25, -0.2) is 0 Å². The Morgan fingerprint density at radius 3 is 2.24 bits per heavy atom. The lowest BCUT2D eigenvalue weighted by Crippen LogP contribution is -2.60. The minimum atomic E-state index is -1.58. The molecule has 0 saturated carbocycles. The third-order valence-corrected chi connectivity index (χ3v) is 4.48. The van der Waals surface area contributed by atoms with Crippen LogP contribution in [0.15, 0.2) is 36.4 Å². The number of hydrogen-bond acceptors (Lipinski definition) is 9. The van der Waals surface area contributed by atoms with Crippen molar-refractivity contribution in [1.29, 1.82) is 0 Å². The lowest BCUT2D eigenvalue weighted by atomic mass is 9.99. The number of aromatic hydroxyl groups is 3. The van der Waals surface area contributed by atoms with Gasteiger partial charge in [-0.2, -0.15) is 0 Å². The van der Waals surface area contributed by atoms with Crippen molar-refractivity contribution < 1.29 is 45.2 Å². The van der Waals surface area contributed by atoms with Crippen molar-refractivity contribution in [1.82, 2.24) is 0 Å². The molecule has 1 heterocycles. The second kappa shape index (κ2) is 8.68. The van der Waals surface area contributed by atoms with Crippen molar-refractivity contribution in [3.8, 4) is 23.0 Å². The molecule has 3 rings (SSSR count). The van der Waals surface area contributed by atoms with Crippen molar-refractivity contribution in [3.05, 3.63) is 47.5 Å². The monoisotopic (exact) mass is 406 g/mol. The normalized spacial score (nSPS) is 27.2. The van der Waals surface area contributed by atoms with Gasteiger partial charge in [-0.15, -0.1) is 0 Å². The van der Waals surface area contributed by atoms with Gasteiger partial charge in [0.15, 0.2) is 11.5 Å². The number of phenols is 3. The van der Waals surface area contributed by atoms with Crippen LogP contribution >= 0.6 is 0 Å². The summed E-state index contributed by atoms with van der Waals surface area (Å²) in [5.74, 6) is -0.535. The minimum Gasteiger partial charge on any atom is -0.508 e. The molecular weight excluding hydrogens is 384 g/mol. The van der Waals surface area contributed by atoms with Crippen molar-refractivity contribution >= 4 is 12.2 Å². The van der Waals surface area contributed by atoms with E-state index in [0.717, 1.165) is 0 Å². The zero-order chi connectivity index (χ0) is 21.1. The third-order valence-electron chi connectivity index (χ3n) is 4.48. The largest absolute Gasteiger partial charge is 0.508 e. The molecule has 5 atom stereocenters. The van der Waals surface area contributed by atoms with Gasteiger partial charge in [0.1, 0.15) is 35.9 Å². The number of aliphatic hydroxyl groups is 4. The van der Waals surface area contributed by atoms with Crippen molar-refractivity contribution in [3.63, 3.8) is 0 Å². The Balaban J connectivity index is 1.78. The Bertz CT molecular complexity index is 880. The molecule has 9 nitrogen and oxygen atoms in total. The van der Waals surface area contributed by atoms with Gasteiger partial charge in [0.25, 0.3) is 0 Å². The van der Waals surface area contributed by atoms with Crippen LogP contribution in [-0.2, 0) is 4.74 Å². The van der Waals surface area contributed by atoms with Crippen LogP contribution < -0.4 is 4.74 Å². The number of ether oxygens (including phenoxy) is 2. The van der Waals surface area contributed by atoms with Crippen molar-refractivity contribution in [2.45, 2.75) is 30.7 Å². The second-order valence-corrected chi connectivity index (χ2v) is 6.66. The fourth-order valence-electron chi connectivity index (χ4n) is 2.91. The predicted octanol–water partition coefficient (Wildman–Crippen LogP) is 0.152. The van der Waals surface area contributed by atoms with Crippen molar-refractivity contribution in [2.24, 2.45) is 0 Å². The molecule has 0 aliphatic carbocycles. The maximum atomic E-state index is 10.1. The van der Waals surface area contributed by atoms with Crippen LogP contribution in [0.1, 0.15) is 11.1 Å². The van der Waals surface area contributed by atoms with E-state index >= 15 is 0 Å². The summed E-state index contributed by atoms with van der Waals surface area (Å²) < 4.78 is 10.8. The van der Waals surface area contributed by atoms with E-state index in [9.17, 15) is 35.7 Å². The lowest BCUT2D eigenvalue weighted by molar-refractivity contribution is -0.277. The van der Waals surface area contributed by atoms with Gasteiger partial charge < -0.3 is 45.2 Å². The number of aliphatic hydroxyl groups excluding tert-OH is 4. The molecule has 2 aromatic carbocycles. The number of hydrogen-bond donors (Lipinski definition) is 7. The Kier molecular flexibility index (Phi) is 6.26. The van der Waals surface area contributed by atoms with E-state index < -0.39 is 37.3 Å². The average Bonchev–Trinajstić information content (AvgIpc) is 2.69. The topological polar surface area (TPSA) is 160 Å². The SMILES string of the molecule is OC[C@H]1O[C@@H](Oc2cc(O)cc(C=Cc3ccc(O)c(O)c3)c2)[C@H](O)[C@@H](O)[C@@H]1O. The average molecular weight is 406 g/mol. The molecule has 0 amide bonds. The zero-order valence-corrected chi connectivity index (χ0v) is 15.2. The molecule has 2 aromatic rings. The molecule has 0 unspecified atom stereocenters. The summed E-state index contributed by atoms with van der Waals surface area (Å²) >= 11 is 0. The molecular formula is C20H22O9. The summed E-state index contributed by atoms with van der Waals surface area (Å²) in [5, 5.41) is 67.8. The highest BCUT2D eigenvalue weighted by molar-refractivity contribution is 5.72. The van der Waals surface area contributed by atoms with E-state index in [1.54, 1.807) is 18.2 Å². The van der Waals surface area contributed by atoms with Crippen LogP contribution in [0.4, 0.5) is 0 Å². The van der Waals surface area contributed by atoms with Gasteiger partial charge in [0.2, 0.25) is 6.29 Å². The first-order valence-electron chi connectivity index (χ1n) is 8.80. The summed E-state index contributed by atoms with van der Waals surface area (Å²) in [4.78, 5) is 0. The first-order valence-corrected chi connectivity index (χ1v) is 8.80. The van der Waals surface area contributed by atoms with E-state index in [2.05, 4.69) is 0 Å². The van der Waals surface area contributed by atoms with Gasteiger partial charge in [-0.3, -0.25) is 0 Å². The highest BCUT2D eigenvalue weighted by atomic mass is 16.7. The minimum absolute atomic E-state index is 0.113. The first-order chi connectivity index (χ1) is 13.8. The molecule has 0 bridgehead atoms. The smallest absolute Gasteiger partial charge is 0.229 e. The van der Waals surface area contributed by atoms with Crippen LogP contribution in [0.5, 0.6) is 23.0 Å². The lowest BCUT2D eigenvalue weighted by Gasteiger charge is -2.39. The molecule has 0 radical (unpaired) electrons. The zero-order valence-electron chi connectivity index (χ0n) is 15.2. The molecule has 1 aliphatic heterocycles. The van der Waals surface area contributed by atoms with Crippen molar-refractivity contribution in [2.75, 3.05) is 6.61 Å². The summed E-state index contributed by atoms with van der Waals surface area (Å²) in [6.45, 7) is -0.585. The predicted molar refractivity (Wildman–Crippen MR) is 101 cm³/mol. The number of phenolic OH excluding ortho intramolecular Hbond substituents is 3. The van der Waals surface area contributed by atoms with Gasteiger partial charge in [-0.05, 0) is 35.4 Å². The Morgan fingerprint density at radius 2 is 1.55 bits per heavy atom. The number of benzene rings is 2. The van der Waals surface area contributed by atoms with E-state index in [4.69, 9.17) is 9.47 Å². The van der Waals surface area contributed by atoms with Gasteiger partial charge >= 0.3 is 0 Å². The molecule has 9 heteroatoms. The van der Waals surface area contributed by atoms with Gasteiger partial charge in [0, 0.05) is 6.07 Å². The fraction of sp³-hybridized carbons (Fsp3) is 0.300. The summed E-state index contributed by atoms with van der Waals surface area (Å²) in [6, 6.07) is 8.52. The van der Waals surface area contributed by atoms with Gasteiger partial charge in [-0.1, -0.05) is 18.2 Å². The molecule has 0 spiro atoms. The molecule has 1 aliphatic rings. The van der Waals surface area contributed by atoms with Crippen LogP contribution in [0.25, 0.3) is 12.2 Å². The van der Waals surface area contributed by atoms with Gasteiger partial charge in [0.05, 0.1) is 6.61 Å². The van der Waals surface area contributed by atoms with E-state index in [1.165, 1.54) is 30.3 Å². The number of rotatable bonds is 5. The highest BCUT2D eigenvalue weighted by Gasteiger charge is 2.44. The third kappa shape index (κ3) is 4.78. The second-order valence-electron chi connectivity index (χ2n) is 6.66.